The first-order valence-electron chi connectivity index (χ1n) is 5.00. The number of nitrogens with zero attached hydrogens (tertiary/aromatic N) is 1. The predicted molar refractivity (Wildman–Crippen MR) is 65.2 cm³/mol. The second kappa shape index (κ2) is 6.34. The average Bonchev–Trinajstić information content (AvgIpc) is 2.28. The molecule has 18 heavy (non-hydrogen) atoms. The maximum Gasteiger partial charge on any atom is 0.324 e. The molecule has 1 unspecified atom stereocenters. The molecule has 0 saturated heterocycles. The molecule has 1 rings (SSSR count). The number of para-hydroxylation sites is 1. The number of carboxylic acid groups (broad SMARTS) is 1. The number of aliphatic hydroxyl groups is 1. The summed E-state index contributed by atoms with van der Waals surface area (Å²) in [4.78, 5) is 21.3. The van der Waals surface area contributed by atoms with Crippen molar-refractivity contribution in [3.05, 3.63) is 34.4 Å². The Hall–Kier alpha value is -1.64. The molecule has 0 radical (unpaired) electrons. The topological polar surface area (TPSA) is 113 Å². The summed E-state index contributed by atoms with van der Waals surface area (Å²) >= 11 is 0.808. The maximum atomic E-state index is 10.8. The Morgan fingerprint density at radius 2 is 2.11 bits per heavy atom. The van der Waals surface area contributed by atoms with E-state index in [4.69, 9.17) is 5.11 Å². The van der Waals surface area contributed by atoms with E-state index >= 15 is 0 Å². The van der Waals surface area contributed by atoms with Crippen molar-refractivity contribution in [2.24, 2.45) is 0 Å². The minimum absolute atomic E-state index is 0.121. The quantitative estimate of drug-likeness (QED) is 0.402. The van der Waals surface area contributed by atoms with Gasteiger partial charge in [-0.1, -0.05) is 12.1 Å². The highest BCUT2D eigenvalue weighted by Crippen LogP contribution is 2.27. The van der Waals surface area contributed by atoms with Gasteiger partial charge in [0.2, 0.25) is 0 Å². The van der Waals surface area contributed by atoms with E-state index in [1.165, 1.54) is 25.1 Å². The summed E-state index contributed by atoms with van der Waals surface area (Å²) in [5, 5.41) is 28.8. The fourth-order valence-electron chi connectivity index (χ4n) is 1.18. The Balaban J connectivity index is 2.79. The zero-order valence-corrected chi connectivity index (χ0v) is 10.3. The molecule has 0 fully saturated rings. The molecule has 0 heterocycles. The lowest BCUT2D eigenvalue weighted by Gasteiger charge is -2.15. The van der Waals surface area contributed by atoms with Crippen LogP contribution in [0.5, 0.6) is 0 Å². The van der Waals surface area contributed by atoms with Crippen LogP contribution in [-0.4, -0.2) is 33.3 Å². The van der Waals surface area contributed by atoms with Gasteiger partial charge in [-0.15, -0.1) is 0 Å². The number of hydrogen-bond donors (Lipinski definition) is 3. The smallest absolute Gasteiger partial charge is 0.324 e. The Labute approximate surface area is 107 Å². The highest BCUT2D eigenvalue weighted by atomic mass is 32.2. The number of aliphatic hydroxyl groups excluding tert-OH is 1. The van der Waals surface area contributed by atoms with Gasteiger partial charge in [0.05, 0.1) is 11.0 Å². The van der Waals surface area contributed by atoms with Crippen molar-refractivity contribution >= 4 is 23.6 Å². The highest BCUT2D eigenvalue weighted by molar-refractivity contribution is 7.97. The lowest BCUT2D eigenvalue weighted by molar-refractivity contribution is -0.387. The van der Waals surface area contributed by atoms with Gasteiger partial charge in [-0.2, -0.15) is 0 Å². The van der Waals surface area contributed by atoms with Crippen molar-refractivity contribution in [2.45, 2.75) is 24.0 Å². The average molecular weight is 272 g/mol. The van der Waals surface area contributed by atoms with E-state index in [0.717, 1.165) is 11.9 Å². The van der Waals surface area contributed by atoms with Gasteiger partial charge in [-0.25, -0.2) is 4.72 Å². The van der Waals surface area contributed by atoms with Crippen LogP contribution in [0.15, 0.2) is 29.2 Å². The van der Waals surface area contributed by atoms with Gasteiger partial charge in [-0.3, -0.25) is 14.9 Å². The van der Waals surface area contributed by atoms with E-state index in [1.807, 2.05) is 0 Å². The van der Waals surface area contributed by atoms with Crippen LogP contribution < -0.4 is 4.72 Å². The fourth-order valence-corrected chi connectivity index (χ4v) is 2.12. The van der Waals surface area contributed by atoms with Crippen molar-refractivity contribution in [1.82, 2.24) is 4.72 Å². The molecule has 3 N–H and O–H groups in total. The molecular formula is C10H12N2O5S. The van der Waals surface area contributed by atoms with E-state index in [9.17, 15) is 20.0 Å². The monoisotopic (exact) mass is 272 g/mol. The number of nitro groups is 1. The molecule has 0 aliphatic heterocycles. The lowest BCUT2D eigenvalue weighted by atomic mass is 10.2. The summed E-state index contributed by atoms with van der Waals surface area (Å²) in [6, 6.07) is 4.74. The van der Waals surface area contributed by atoms with Gasteiger partial charge in [0.1, 0.15) is 10.9 Å². The Bertz CT molecular complexity index is 452. The first-order chi connectivity index (χ1) is 8.43. The molecule has 0 saturated carbocycles. The summed E-state index contributed by atoms with van der Waals surface area (Å²) in [5.74, 6) is -1.23. The minimum atomic E-state index is -1.23. The van der Waals surface area contributed by atoms with Gasteiger partial charge >= 0.3 is 5.97 Å². The molecule has 0 aliphatic rings. The van der Waals surface area contributed by atoms with Gasteiger partial charge in [0.25, 0.3) is 5.69 Å². The maximum absolute atomic E-state index is 10.8. The largest absolute Gasteiger partial charge is 0.480 e. The first-order valence-corrected chi connectivity index (χ1v) is 5.81. The molecule has 0 aliphatic carbocycles. The molecule has 2 atom stereocenters. The summed E-state index contributed by atoms with van der Waals surface area (Å²) in [5.41, 5.74) is -0.121. The first kappa shape index (κ1) is 14.4. The molecule has 0 spiro atoms. The molecule has 1 aromatic carbocycles. The predicted octanol–water partition coefficient (Wildman–Crippen LogP) is 1.03. The molecular weight excluding hydrogens is 260 g/mol. The van der Waals surface area contributed by atoms with Crippen LogP contribution in [-0.2, 0) is 4.79 Å². The van der Waals surface area contributed by atoms with E-state index in [-0.39, 0.29) is 10.6 Å². The molecule has 0 bridgehead atoms. The van der Waals surface area contributed by atoms with Crippen LogP contribution in [0.4, 0.5) is 5.69 Å². The van der Waals surface area contributed by atoms with Crippen molar-refractivity contribution in [1.29, 1.82) is 0 Å². The van der Waals surface area contributed by atoms with Gasteiger partial charge < -0.3 is 10.2 Å². The molecule has 0 amide bonds. The van der Waals surface area contributed by atoms with E-state index < -0.39 is 23.0 Å². The highest BCUT2D eigenvalue weighted by Gasteiger charge is 2.24. The number of hydrogen-bond acceptors (Lipinski definition) is 6. The lowest BCUT2D eigenvalue weighted by Crippen LogP contribution is -2.41. The van der Waals surface area contributed by atoms with Crippen LogP contribution in [0.1, 0.15) is 6.92 Å². The number of nitrogens with one attached hydrogen (secondary N) is 1. The number of nitro benzene ring substituents is 1. The molecule has 7 nitrogen and oxygen atoms in total. The van der Waals surface area contributed by atoms with E-state index in [2.05, 4.69) is 4.72 Å². The van der Waals surface area contributed by atoms with E-state index in [1.54, 1.807) is 6.07 Å². The molecule has 98 valence electrons. The second-order valence-electron chi connectivity index (χ2n) is 3.50. The van der Waals surface area contributed by atoms with Crippen molar-refractivity contribution in [2.75, 3.05) is 0 Å². The van der Waals surface area contributed by atoms with Crippen LogP contribution >= 0.6 is 11.9 Å². The van der Waals surface area contributed by atoms with E-state index in [0.29, 0.717) is 0 Å². The molecule has 8 heteroatoms. The zero-order valence-electron chi connectivity index (χ0n) is 9.44. The Kier molecular flexibility index (Phi) is 5.08. The zero-order chi connectivity index (χ0) is 13.7. The molecule has 1 aromatic rings. The van der Waals surface area contributed by atoms with Crippen molar-refractivity contribution in [3.63, 3.8) is 0 Å². The van der Waals surface area contributed by atoms with Crippen molar-refractivity contribution in [3.8, 4) is 0 Å². The second-order valence-corrected chi connectivity index (χ2v) is 4.38. The van der Waals surface area contributed by atoms with Gasteiger partial charge in [0.15, 0.2) is 0 Å². The molecule has 0 aromatic heterocycles. The third kappa shape index (κ3) is 3.69. The Morgan fingerprint density at radius 3 is 2.61 bits per heavy atom. The summed E-state index contributed by atoms with van der Waals surface area (Å²) < 4.78 is 2.49. The number of carboxylic acids is 1. The number of aliphatic carboxylic acids is 1. The minimum Gasteiger partial charge on any atom is -0.480 e. The van der Waals surface area contributed by atoms with Crippen LogP contribution in [0.2, 0.25) is 0 Å². The SMILES string of the molecule is CC(O)[C@H](NSc1ccccc1[N+](=O)[O-])C(=O)O. The van der Waals surface area contributed by atoms with Crippen molar-refractivity contribution < 1.29 is 19.9 Å². The summed E-state index contributed by atoms with van der Waals surface area (Å²) in [6.45, 7) is 1.33. The summed E-state index contributed by atoms with van der Waals surface area (Å²) in [6.07, 6.45) is -1.11. The number of rotatable bonds is 6. The fraction of sp³-hybridized carbons (Fsp3) is 0.300. The summed E-state index contributed by atoms with van der Waals surface area (Å²) in [7, 11) is 0. The Morgan fingerprint density at radius 1 is 1.50 bits per heavy atom. The number of carbonyl (C=O) groups is 1. The third-order valence-electron chi connectivity index (χ3n) is 2.11. The third-order valence-corrected chi connectivity index (χ3v) is 3.04. The van der Waals surface area contributed by atoms with Crippen LogP contribution in [0.3, 0.4) is 0 Å². The van der Waals surface area contributed by atoms with Gasteiger partial charge in [-0.05, 0) is 24.9 Å². The normalized spacial score (nSPS) is 13.9. The standard InChI is InChI=1S/C10H12N2O5S/c1-6(13)9(10(14)15)11-18-8-5-3-2-4-7(8)12(16)17/h2-6,9,11,13H,1H3,(H,14,15)/t6?,9-/m0/s1. The van der Waals surface area contributed by atoms with Crippen LogP contribution in [0, 0.1) is 10.1 Å². The number of benzene rings is 1. The van der Waals surface area contributed by atoms with Gasteiger partial charge in [0, 0.05) is 6.07 Å². The van der Waals surface area contributed by atoms with Crippen LogP contribution in [0.25, 0.3) is 0 Å².